The summed E-state index contributed by atoms with van der Waals surface area (Å²) in [5.74, 6) is 0.813. The molecule has 0 aliphatic heterocycles. The van der Waals surface area contributed by atoms with Gasteiger partial charge in [-0.05, 0) is 32.9 Å². The first kappa shape index (κ1) is 10.5. The lowest BCUT2D eigenvalue weighted by Gasteiger charge is -2.21. The van der Waals surface area contributed by atoms with Crippen LogP contribution in [0.4, 0.5) is 5.82 Å². The van der Waals surface area contributed by atoms with Gasteiger partial charge < -0.3 is 10.5 Å². The molecule has 0 fully saturated rings. The molecule has 1 heterocycles. The minimum Gasteiger partial charge on any atom is -0.411 e. The number of pyridine rings is 1. The van der Waals surface area contributed by atoms with Gasteiger partial charge in [-0.15, -0.1) is 0 Å². The van der Waals surface area contributed by atoms with Crippen molar-refractivity contribution in [2.24, 2.45) is 5.16 Å². The average Bonchev–Trinajstić information content (AvgIpc) is 2.06. The van der Waals surface area contributed by atoms with E-state index in [0.29, 0.717) is 0 Å². The summed E-state index contributed by atoms with van der Waals surface area (Å²) < 4.78 is 0. The first-order valence-corrected chi connectivity index (χ1v) is 4.43. The van der Waals surface area contributed by atoms with Gasteiger partial charge in [0.05, 0.1) is 6.21 Å². The quantitative estimate of drug-likeness (QED) is 0.429. The van der Waals surface area contributed by atoms with E-state index < -0.39 is 0 Å². The summed E-state index contributed by atoms with van der Waals surface area (Å²) in [6.45, 7) is 6.20. The topological polar surface area (TPSA) is 57.5 Å². The molecule has 0 bridgehead atoms. The summed E-state index contributed by atoms with van der Waals surface area (Å²) in [6.07, 6.45) is 2.99. The van der Waals surface area contributed by atoms with E-state index in [1.54, 1.807) is 6.20 Å². The summed E-state index contributed by atoms with van der Waals surface area (Å²) in [5.41, 5.74) is 0.770. The predicted octanol–water partition coefficient (Wildman–Crippen LogP) is 2.10. The summed E-state index contributed by atoms with van der Waals surface area (Å²) >= 11 is 0. The van der Waals surface area contributed by atoms with Crippen molar-refractivity contribution in [3.63, 3.8) is 0 Å². The van der Waals surface area contributed by atoms with Gasteiger partial charge >= 0.3 is 0 Å². The third-order valence-electron chi connectivity index (χ3n) is 1.50. The van der Waals surface area contributed by atoms with Gasteiger partial charge in [-0.3, -0.25) is 0 Å². The lowest BCUT2D eigenvalue weighted by Crippen LogP contribution is -2.26. The second-order valence-electron chi connectivity index (χ2n) is 4.10. The van der Waals surface area contributed by atoms with Crippen LogP contribution in [0.2, 0.25) is 0 Å². The van der Waals surface area contributed by atoms with Crippen LogP contribution in [0.1, 0.15) is 26.3 Å². The van der Waals surface area contributed by atoms with E-state index in [4.69, 9.17) is 5.21 Å². The van der Waals surface area contributed by atoms with Crippen LogP contribution in [0, 0.1) is 0 Å². The molecule has 14 heavy (non-hydrogen) atoms. The van der Waals surface area contributed by atoms with Crippen molar-refractivity contribution in [3.8, 4) is 0 Å². The normalized spacial score (nSPS) is 11.9. The molecule has 0 amide bonds. The Morgan fingerprint density at radius 3 is 2.57 bits per heavy atom. The Bertz CT molecular complexity index is 311. The Labute approximate surface area is 83.7 Å². The van der Waals surface area contributed by atoms with Crippen molar-refractivity contribution in [2.45, 2.75) is 26.3 Å². The molecule has 0 unspecified atom stereocenters. The second kappa shape index (κ2) is 4.09. The highest BCUT2D eigenvalue weighted by molar-refractivity contribution is 5.78. The van der Waals surface area contributed by atoms with Gasteiger partial charge in [-0.2, -0.15) is 0 Å². The highest BCUT2D eigenvalue weighted by atomic mass is 16.4. The van der Waals surface area contributed by atoms with Crippen molar-refractivity contribution in [1.82, 2.24) is 4.98 Å². The molecule has 0 aromatic carbocycles. The average molecular weight is 193 g/mol. The van der Waals surface area contributed by atoms with E-state index in [1.165, 1.54) is 6.21 Å². The Hall–Kier alpha value is -1.58. The fourth-order valence-electron chi connectivity index (χ4n) is 1.01. The van der Waals surface area contributed by atoms with Crippen molar-refractivity contribution in [1.29, 1.82) is 0 Å². The van der Waals surface area contributed by atoms with Gasteiger partial charge in [-0.25, -0.2) is 4.98 Å². The maximum Gasteiger partial charge on any atom is 0.126 e. The van der Waals surface area contributed by atoms with Crippen LogP contribution in [0.5, 0.6) is 0 Å². The minimum absolute atomic E-state index is 0.000412. The summed E-state index contributed by atoms with van der Waals surface area (Å²) in [7, 11) is 0. The van der Waals surface area contributed by atoms with E-state index in [9.17, 15) is 0 Å². The first-order valence-electron chi connectivity index (χ1n) is 4.43. The van der Waals surface area contributed by atoms with Crippen LogP contribution in [-0.4, -0.2) is 21.9 Å². The number of rotatable bonds is 2. The number of hydrogen-bond acceptors (Lipinski definition) is 4. The lowest BCUT2D eigenvalue weighted by atomic mass is 10.1. The summed E-state index contributed by atoms with van der Waals surface area (Å²) in [6, 6.07) is 3.68. The van der Waals surface area contributed by atoms with Gasteiger partial charge in [-0.1, -0.05) is 5.16 Å². The van der Waals surface area contributed by atoms with E-state index in [2.05, 4.69) is 36.2 Å². The minimum atomic E-state index is -0.000412. The molecule has 4 nitrogen and oxygen atoms in total. The molecule has 0 atom stereocenters. The molecule has 0 radical (unpaired) electrons. The standard InChI is InChI=1S/C10H15N3O/c1-10(2,3)13-9-5-4-8(6-11-9)7-12-14/h4-7,14H,1-3H3,(H,11,13). The van der Waals surface area contributed by atoms with Crippen LogP contribution < -0.4 is 5.32 Å². The fraction of sp³-hybridized carbons (Fsp3) is 0.400. The lowest BCUT2D eigenvalue weighted by molar-refractivity contribution is 0.322. The Morgan fingerprint density at radius 2 is 2.14 bits per heavy atom. The molecule has 1 aromatic heterocycles. The van der Waals surface area contributed by atoms with Crippen molar-refractivity contribution in [2.75, 3.05) is 5.32 Å². The predicted molar refractivity (Wildman–Crippen MR) is 57.0 cm³/mol. The van der Waals surface area contributed by atoms with E-state index in [-0.39, 0.29) is 5.54 Å². The zero-order valence-corrected chi connectivity index (χ0v) is 8.65. The van der Waals surface area contributed by atoms with Crippen LogP contribution in [-0.2, 0) is 0 Å². The highest BCUT2D eigenvalue weighted by Gasteiger charge is 2.09. The Balaban J connectivity index is 2.74. The van der Waals surface area contributed by atoms with Crippen molar-refractivity contribution < 1.29 is 5.21 Å². The molecular weight excluding hydrogens is 178 g/mol. The molecule has 2 N–H and O–H groups in total. The van der Waals surface area contributed by atoms with Gasteiger partial charge in [0.1, 0.15) is 5.82 Å². The van der Waals surface area contributed by atoms with Crippen LogP contribution >= 0.6 is 0 Å². The fourth-order valence-corrected chi connectivity index (χ4v) is 1.01. The summed E-state index contributed by atoms with van der Waals surface area (Å²) in [4.78, 5) is 4.17. The molecule has 0 saturated carbocycles. The molecule has 1 aromatic rings. The number of nitrogens with zero attached hydrogens (tertiary/aromatic N) is 2. The van der Waals surface area contributed by atoms with Crippen molar-refractivity contribution >= 4 is 12.0 Å². The van der Waals surface area contributed by atoms with Gasteiger partial charge in [0.15, 0.2) is 0 Å². The molecule has 4 heteroatoms. The van der Waals surface area contributed by atoms with E-state index in [1.807, 2.05) is 12.1 Å². The first-order chi connectivity index (χ1) is 6.51. The second-order valence-corrected chi connectivity index (χ2v) is 4.10. The zero-order valence-electron chi connectivity index (χ0n) is 8.65. The molecular formula is C10H15N3O. The number of anilines is 1. The highest BCUT2D eigenvalue weighted by Crippen LogP contribution is 2.11. The Morgan fingerprint density at radius 1 is 1.43 bits per heavy atom. The van der Waals surface area contributed by atoms with Crippen molar-refractivity contribution in [3.05, 3.63) is 23.9 Å². The molecule has 1 rings (SSSR count). The molecule has 0 saturated heterocycles. The smallest absolute Gasteiger partial charge is 0.126 e. The third kappa shape index (κ3) is 3.43. The SMILES string of the molecule is CC(C)(C)Nc1ccc(C=NO)cn1. The van der Waals surface area contributed by atoms with Crippen LogP contribution in [0.15, 0.2) is 23.5 Å². The number of nitrogens with one attached hydrogen (secondary N) is 1. The number of oxime groups is 1. The monoisotopic (exact) mass is 193 g/mol. The maximum atomic E-state index is 8.30. The molecule has 0 aliphatic carbocycles. The largest absolute Gasteiger partial charge is 0.411 e. The zero-order chi connectivity index (χ0) is 10.6. The number of aromatic nitrogens is 1. The Kier molecular flexibility index (Phi) is 3.06. The molecule has 0 aliphatic rings. The van der Waals surface area contributed by atoms with Crippen LogP contribution in [0.3, 0.4) is 0 Å². The summed E-state index contributed by atoms with van der Waals surface area (Å²) in [5, 5.41) is 14.5. The maximum absolute atomic E-state index is 8.30. The third-order valence-corrected chi connectivity index (χ3v) is 1.50. The van der Waals surface area contributed by atoms with E-state index >= 15 is 0 Å². The molecule has 76 valence electrons. The number of hydrogen-bond donors (Lipinski definition) is 2. The van der Waals surface area contributed by atoms with Gasteiger partial charge in [0, 0.05) is 17.3 Å². The van der Waals surface area contributed by atoms with Gasteiger partial charge in [0.25, 0.3) is 0 Å². The van der Waals surface area contributed by atoms with Crippen LogP contribution in [0.25, 0.3) is 0 Å². The van der Waals surface area contributed by atoms with E-state index in [0.717, 1.165) is 11.4 Å². The molecule has 0 spiro atoms. The van der Waals surface area contributed by atoms with Gasteiger partial charge in [0.2, 0.25) is 0 Å².